The van der Waals surface area contributed by atoms with Gasteiger partial charge in [0.1, 0.15) is 7.11 Å². The highest BCUT2D eigenvalue weighted by Gasteiger charge is 2.15. The van der Waals surface area contributed by atoms with Crippen LogP contribution in [0.25, 0.3) is 5.57 Å². The first kappa shape index (κ1) is 14.5. The zero-order chi connectivity index (χ0) is 14.3. The van der Waals surface area contributed by atoms with Gasteiger partial charge in [0.25, 0.3) is 5.56 Å². The smallest absolute Gasteiger partial charge is 0.273 e. The Morgan fingerprint density at radius 1 is 1.32 bits per heavy atom. The third-order valence-electron chi connectivity index (χ3n) is 2.37. The number of nitrogens with one attached hydrogen (secondary N) is 2. The molecule has 5 nitrogen and oxygen atoms in total. The monoisotopic (exact) mass is 259 g/mol. The molecular weight excluding hydrogens is 242 g/mol. The highest BCUT2D eigenvalue weighted by molar-refractivity contribution is 6.02. The topological polar surface area (TPSA) is 70.2 Å². The summed E-state index contributed by atoms with van der Waals surface area (Å²) in [5.74, 6) is 0. The Kier molecular flexibility index (Phi) is 5.35. The Labute approximate surface area is 111 Å². The summed E-state index contributed by atoms with van der Waals surface area (Å²) in [7, 11) is 1.43. The number of aromatic amines is 2. The van der Waals surface area contributed by atoms with Gasteiger partial charge in [-0.25, -0.2) is 0 Å². The maximum Gasteiger partial charge on any atom is 0.273 e. The van der Waals surface area contributed by atoms with E-state index in [1.54, 1.807) is 31.2 Å². The van der Waals surface area contributed by atoms with Crippen molar-refractivity contribution >= 4 is 11.3 Å². The molecule has 0 aliphatic rings. The minimum absolute atomic E-state index is 0.254. The molecule has 0 saturated heterocycles. The molecule has 0 spiro atoms. The molecule has 100 valence electrons. The van der Waals surface area contributed by atoms with Gasteiger partial charge < -0.3 is 4.84 Å². The predicted octanol–water partition coefficient (Wildman–Crippen LogP) is 2.38. The van der Waals surface area contributed by atoms with Crippen LogP contribution in [0, 0.1) is 0 Å². The average molecular weight is 259 g/mol. The summed E-state index contributed by atoms with van der Waals surface area (Å²) in [6, 6.07) is 0. The SMILES string of the molecule is C=C/C=C\C(=C/C=C)c1[nH][nH]c(=O)c1/C(C)=N/OC. The molecule has 0 aliphatic carbocycles. The largest absolute Gasteiger partial charge is 0.399 e. The first-order chi connectivity index (χ1) is 9.15. The fraction of sp³-hybridized carbons (Fsp3) is 0.143. The number of allylic oxidation sites excluding steroid dienone is 6. The first-order valence-electron chi connectivity index (χ1n) is 5.66. The highest BCUT2D eigenvalue weighted by Crippen LogP contribution is 2.17. The average Bonchev–Trinajstić information content (AvgIpc) is 2.76. The Bertz CT molecular complexity index is 600. The van der Waals surface area contributed by atoms with Crippen LogP contribution >= 0.6 is 0 Å². The molecule has 1 aromatic heterocycles. The summed E-state index contributed by atoms with van der Waals surface area (Å²) in [6.07, 6.45) is 8.66. The van der Waals surface area contributed by atoms with Crippen molar-refractivity contribution in [2.75, 3.05) is 7.11 Å². The second kappa shape index (κ2) is 7.00. The van der Waals surface area contributed by atoms with E-state index >= 15 is 0 Å². The summed E-state index contributed by atoms with van der Waals surface area (Å²) in [5.41, 5.74) is 2.08. The minimum atomic E-state index is -0.254. The van der Waals surface area contributed by atoms with Crippen LogP contribution in [0.5, 0.6) is 0 Å². The molecule has 0 aliphatic heterocycles. The van der Waals surface area contributed by atoms with Crippen molar-refractivity contribution in [3.05, 3.63) is 65.1 Å². The molecular formula is C14H17N3O2. The standard InChI is InChI=1S/C14H17N3O2/c1-5-7-9-11(8-6-2)13-12(10(3)17-19-4)14(18)16-15-13/h5-9H,1-2H2,3-4H3,(H2,15,16,18)/b9-7-,11-8+,17-10+. The summed E-state index contributed by atoms with van der Waals surface area (Å²) >= 11 is 0. The van der Waals surface area contributed by atoms with Gasteiger partial charge in [0.15, 0.2) is 0 Å². The van der Waals surface area contributed by atoms with Gasteiger partial charge in [0, 0.05) is 5.57 Å². The van der Waals surface area contributed by atoms with Crippen molar-refractivity contribution < 1.29 is 4.84 Å². The molecule has 0 saturated carbocycles. The lowest BCUT2D eigenvalue weighted by Crippen LogP contribution is -2.12. The van der Waals surface area contributed by atoms with E-state index in [4.69, 9.17) is 4.84 Å². The fourth-order valence-corrected chi connectivity index (χ4v) is 1.62. The van der Waals surface area contributed by atoms with Crippen LogP contribution in [0.15, 0.2) is 53.5 Å². The van der Waals surface area contributed by atoms with E-state index in [2.05, 4.69) is 28.5 Å². The van der Waals surface area contributed by atoms with Gasteiger partial charge in [-0.3, -0.25) is 15.0 Å². The van der Waals surface area contributed by atoms with Crippen LogP contribution in [0.1, 0.15) is 18.2 Å². The van der Waals surface area contributed by atoms with Gasteiger partial charge in [-0.15, -0.1) is 0 Å². The number of nitrogens with zero attached hydrogens (tertiary/aromatic N) is 1. The van der Waals surface area contributed by atoms with Gasteiger partial charge >= 0.3 is 0 Å². The van der Waals surface area contributed by atoms with E-state index in [-0.39, 0.29) is 5.56 Å². The zero-order valence-corrected chi connectivity index (χ0v) is 11.1. The quantitative estimate of drug-likeness (QED) is 0.468. The van der Waals surface area contributed by atoms with E-state index < -0.39 is 0 Å². The number of aromatic nitrogens is 2. The molecule has 0 unspecified atom stereocenters. The summed E-state index contributed by atoms with van der Waals surface area (Å²) in [4.78, 5) is 16.5. The highest BCUT2D eigenvalue weighted by atomic mass is 16.6. The number of hydrogen-bond donors (Lipinski definition) is 2. The van der Waals surface area contributed by atoms with E-state index in [9.17, 15) is 4.79 Å². The minimum Gasteiger partial charge on any atom is -0.399 e. The molecule has 0 bridgehead atoms. The van der Waals surface area contributed by atoms with Crippen molar-refractivity contribution in [3.63, 3.8) is 0 Å². The third kappa shape index (κ3) is 3.45. The molecule has 0 aromatic carbocycles. The number of oxime groups is 1. The lowest BCUT2D eigenvalue weighted by molar-refractivity contribution is 0.213. The van der Waals surface area contributed by atoms with Gasteiger partial charge in [-0.05, 0) is 6.92 Å². The summed E-state index contributed by atoms with van der Waals surface area (Å²) < 4.78 is 0. The van der Waals surface area contributed by atoms with Gasteiger partial charge in [0.05, 0.1) is 17.0 Å². The van der Waals surface area contributed by atoms with E-state index in [0.29, 0.717) is 17.0 Å². The second-order valence-electron chi connectivity index (χ2n) is 3.64. The number of rotatable bonds is 6. The van der Waals surface area contributed by atoms with E-state index in [1.807, 2.05) is 6.08 Å². The van der Waals surface area contributed by atoms with Gasteiger partial charge in [0.2, 0.25) is 0 Å². The van der Waals surface area contributed by atoms with Crippen molar-refractivity contribution in [1.29, 1.82) is 0 Å². The van der Waals surface area contributed by atoms with Crippen LogP contribution < -0.4 is 5.56 Å². The molecule has 5 heteroatoms. The molecule has 0 fully saturated rings. The Hall–Kier alpha value is -2.56. The predicted molar refractivity (Wildman–Crippen MR) is 78.1 cm³/mol. The van der Waals surface area contributed by atoms with E-state index in [0.717, 1.165) is 5.57 Å². The van der Waals surface area contributed by atoms with Crippen molar-refractivity contribution in [1.82, 2.24) is 10.2 Å². The zero-order valence-electron chi connectivity index (χ0n) is 11.1. The lowest BCUT2D eigenvalue weighted by atomic mass is 10.0. The van der Waals surface area contributed by atoms with Crippen molar-refractivity contribution in [3.8, 4) is 0 Å². The third-order valence-corrected chi connectivity index (χ3v) is 2.37. The molecule has 1 rings (SSSR count). The van der Waals surface area contributed by atoms with Gasteiger partial charge in [-0.2, -0.15) is 0 Å². The lowest BCUT2D eigenvalue weighted by Gasteiger charge is -2.02. The molecule has 1 heterocycles. The molecule has 0 radical (unpaired) electrons. The molecule has 1 aromatic rings. The van der Waals surface area contributed by atoms with Crippen LogP contribution in [-0.2, 0) is 4.84 Å². The Balaban J connectivity index is 3.41. The molecule has 0 atom stereocenters. The maximum atomic E-state index is 11.8. The van der Waals surface area contributed by atoms with E-state index in [1.165, 1.54) is 7.11 Å². The summed E-state index contributed by atoms with van der Waals surface area (Å²) in [5, 5.41) is 9.16. The second-order valence-corrected chi connectivity index (χ2v) is 3.64. The molecule has 0 amide bonds. The normalized spacial score (nSPS) is 12.7. The molecule has 2 N–H and O–H groups in total. The first-order valence-corrected chi connectivity index (χ1v) is 5.66. The summed E-state index contributed by atoms with van der Waals surface area (Å²) in [6.45, 7) is 8.98. The Morgan fingerprint density at radius 2 is 2.05 bits per heavy atom. The van der Waals surface area contributed by atoms with Crippen molar-refractivity contribution in [2.45, 2.75) is 6.92 Å². The molecule has 19 heavy (non-hydrogen) atoms. The fourth-order valence-electron chi connectivity index (χ4n) is 1.62. The Morgan fingerprint density at radius 3 is 2.63 bits per heavy atom. The van der Waals surface area contributed by atoms with Gasteiger partial charge in [-0.1, -0.05) is 48.7 Å². The van der Waals surface area contributed by atoms with Crippen LogP contribution in [0.2, 0.25) is 0 Å². The van der Waals surface area contributed by atoms with Crippen LogP contribution in [0.3, 0.4) is 0 Å². The van der Waals surface area contributed by atoms with Crippen LogP contribution in [0.4, 0.5) is 0 Å². The van der Waals surface area contributed by atoms with Crippen LogP contribution in [-0.4, -0.2) is 23.0 Å². The number of H-pyrrole nitrogens is 2. The number of hydrogen-bond acceptors (Lipinski definition) is 3. The van der Waals surface area contributed by atoms with Crippen molar-refractivity contribution in [2.24, 2.45) is 5.16 Å². The maximum absolute atomic E-state index is 11.8.